The standard InChI is InChI=1S/C19H17ClN6O2S/c20-19-24-16(23-12-4-2-10-5-9(6-21)1-3-11(10)12)14-17(25-19)26(8-22-14)18-15(28)13(27)7-29-18/h1,3,5,8,12-13,15,18,27-28H,2,4,7H2,(H,23,24,25)/t12-,13-,15-,18-/m1/s1. The van der Waals surface area contributed by atoms with Gasteiger partial charge in [0.15, 0.2) is 17.0 Å². The smallest absolute Gasteiger partial charge is 0.226 e. The van der Waals surface area contributed by atoms with Gasteiger partial charge in [-0.2, -0.15) is 15.2 Å². The van der Waals surface area contributed by atoms with E-state index in [-0.39, 0.29) is 16.7 Å². The second-order valence-corrected chi connectivity index (χ2v) is 8.70. The lowest BCUT2D eigenvalue weighted by Gasteiger charge is -2.18. The summed E-state index contributed by atoms with van der Waals surface area (Å²) in [6.45, 7) is 0. The lowest BCUT2D eigenvalue weighted by molar-refractivity contribution is 0.0313. The number of thioether (sulfide) groups is 1. The zero-order valence-electron chi connectivity index (χ0n) is 15.2. The number of nitriles is 1. The first-order chi connectivity index (χ1) is 14.0. The van der Waals surface area contributed by atoms with E-state index in [1.807, 2.05) is 18.2 Å². The first kappa shape index (κ1) is 18.6. The molecule has 0 bridgehead atoms. The fourth-order valence-corrected chi connectivity index (χ4v) is 5.46. The van der Waals surface area contributed by atoms with Gasteiger partial charge >= 0.3 is 0 Å². The zero-order chi connectivity index (χ0) is 20.1. The molecular weight excluding hydrogens is 412 g/mol. The number of halogens is 1. The van der Waals surface area contributed by atoms with Crippen LogP contribution in [-0.4, -0.2) is 47.7 Å². The summed E-state index contributed by atoms with van der Waals surface area (Å²) in [7, 11) is 0. The van der Waals surface area contributed by atoms with E-state index in [9.17, 15) is 10.2 Å². The predicted octanol–water partition coefficient (Wildman–Crippen LogP) is 2.42. The number of nitrogens with one attached hydrogen (secondary N) is 1. The Bertz CT molecular complexity index is 1150. The summed E-state index contributed by atoms with van der Waals surface area (Å²) in [5.74, 6) is 0.970. The third-order valence-corrected chi connectivity index (χ3v) is 7.00. The maximum Gasteiger partial charge on any atom is 0.226 e. The lowest BCUT2D eigenvalue weighted by Crippen LogP contribution is -2.27. The highest BCUT2D eigenvalue weighted by molar-refractivity contribution is 7.99. The number of benzene rings is 1. The van der Waals surface area contributed by atoms with Gasteiger partial charge in [0.05, 0.1) is 30.1 Å². The molecule has 0 unspecified atom stereocenters. The van der Waals surface area contributed by atoms with Crippen LogP contribution in [-0.2, 0) is 6.42 Å². The Balaban J connectivity index is 1.50. The normalized spacial score (nSPS) is 25.9. The van der Waals surface area contributed by atoms with Gasteiger partial charge in [0.25, 0.3) is 0 Å². The molecule has 0 spiro atoms. The number of aliphatic hydroxyl groups is 2. The molecule has 4 atom stereocenters. The van der Waals surface area contributed by atoms with Crippen LogP contribution in [0.4, 0.5) is 5.82 Å². The molecule has 5 rings (SSSR count). The molecular formula is C19H17ClN6O2S. The third kappa shape index (κ3) is 3.13. The topological polar surface area (TPSA) is 120 Å². The number of aliphatic hydroxyl groups excluding tert-OH is 2. The Labute approximate surface area is 175 Å². The largest absolute Gasteiger partial charge is 0.389 e. The van der Waals surface area contributed by atoms with Crippen molar-refractivity contribution in [1.82, 2.24) is 19.5 Å². The Hall–Kier alpha value is -2.38. The Morgan fingerprint density at radius 1 is 1.31 bits per heavy atom. The SMILES string of the molecule is N#Cc1ccc2c(c1)CC[C@H]2Nc1nc(Cl)nc2c1ncn2[C@@H]1SC[C@@H](O)[C@H]1O. The van der Waals surface area contributed by atoms with Gasteiger partial charge in [-0.25, -0.2) is 4.98 Å². The molecule has 148 valence electrons. The first-order valence-electron chi connectivity index (χ1n) is 9.22. The average molecular weight is 429 g/mol. The van der Waals surface area contributed by atoms with Gasteiger partial charge in [0, 0.05) is 5.75 Å². The van der Waals surface area contributed by atoms with Crippen LogP contribution in [0.3, 0.4) is 0 Å². The van der Waals surface area contributed by atoms with Crippen LogP contribution in [0.5, 0.6) is 0 Å². The molecule has 0 saturated carbocycles. The van der Waals surface area contributed by atoms with E-state index < -0.39 is 12.2 Å². The van der Waals surface area contributed by atoms with Crippen molar-refractivity contribution in [3.63, 3.8) is 0 Å². The molecule has 2 aliphatic rings. The Morgan fingerprint density at radius 2 is 2.17 bits per heavy atom. The van der Waals surface area contributed by atoms with E-state index in [1.54, 1.807) is 10.9 Å². The quantitative estimate of drug-likeness (QED) is 0.544. The minimum atomic E-state index is -0.904. The fourth-order valence-electron chi connectivity index (χ4n) is 4.01. The van der Waals surface area contributed by atoms with Gasteiger partial charge in [-0.3, -0.25) is 4.57 Å². The highest BCUT2D eigenvalue weighted by Gasteiger charge is 2.36. The second kappa shape index (κ2) is 7.15. The number of hydrogen-bond donors (Lipinski definition) is 3. The van der Waals surface area contributed by atoms with Crippen LogP contribution >= 0.6 is 23.4 Å². The van der Waals surface area contributed by atoms with Crippen LogP contribution in [0.25, 0.3) is 11.2 Å². The van der Waals surface area contributed by atoms with Crippen molar-refractivity contribution in [3.05, 3.63) is 46.5 Å². The molecule has 2 aromatic heterocycles. The molecule has 1 aliphatic carbocycles. The van der Waals surface area contributed by atoms with E-state index in [2.05, 4.69) is 26.3 Å². The summed E-state index contributed by atoms with van der Waals surface area (Å²) in [6, 6.07) is 7.93. The van der Waals surface area contributed by atoms with Gasteiger partial charge < -0.3 is 15.5 Å². The molecule has 1 aromatic carbocycles. The van der Waals surface area contributed by atoms with E-state index in [0.717, 1.165) is 24.0 Å². The number of nitrogens with zero attached hydrogens (tertiary/aromatic N) is 5. The van der Waals surface area contributed by atoms with Crippen molar-refractivity contribution in [3.8, 4) is 6.07 Å². The highest BCUT2D eigenvalue weighted by Crippen LogP contribution is 2.39. The van der Waals surface area contributed by atoms with Crippen molar-refractivity contribution in [2.75, 3.05) is 11.1 Å². The van der Waals surface area contributed by atoms with Crippen molar-refractivity contribution in [1.29, 1.82) is 5.26 Å². The molecule has 8 nitrogen and oxygen atoms in total. The molecule has 3 aromatic rings. The lowest BCUT2D eigenvalue weighted by atomic mass is 10.1. The van der Waals surface area contributed by atoms with Gasteiger partial charge in [0.2, 0.25) is 5.28 Å². The monoisotopic (exact) mass is 428 g/mol. The van der Waals surface area contributed by atoms with Crippen molar-refractivity contribution < 1.29 is 10.2 Å². The second-order valence-electron chi connectivity index (χ2n) is 7.21. The summed E-state index contributed by atoms with van der Waals surface area (Å²) >= 11 is 7.63. The highest BCUT2D eigenvalue weighted by atomic mass is 35.5. The molecule has 1 saturated heterocycles. The van der Waals surface area contributed by atoms with Crippen LogP contribution in [0.1, 0.15) is 34.5 Å². The molecule has 0 radical (unpaired) electrons. The molecule has 1 aliphatic heterocycles. The van der Waals surface area contributed by atoms with E-state index >= 15 is 0 Å². The Kier molecular flexibility index (Phi) is 4.59. The van der Waals surface area contributed by atoms with Gasteiger partial charge in [0.1, 0.15) is 11.5 Å². The van der Waals surface area contributed by atoms with E-state index in [4.69, 9.17) is 16.9 Å². The number of rotatable bonds is 3. The molecule has 1 fully saturated rings. The number of aryl methyl sites for hydroxylation is 1. The number of hydrogen-bond acceptors (Lipinski definition) is 8. The predicted molar refractivity (Wildman–Crippen MR) is 110 cm³/mol. The van der Waals surface area contributed by atoms with Gasteiger partial charge in [-0.05, 0) is 47.7 Å². The summed E-state index contributed by atoms with van der Waals surface area (Å²) in [5.41, 5.74) is 4.02. The van der Waals surface area contributed by atoms with Crippen LogP contribution in [0, 0.1) is 11.3 Å². The number of imidazole rings is 1. The Morgan fingerprint density at radius 3 is 2.93 bits per heavy atom. The van der Waals surface area contributed by atoms with Crippen molar-refractivity contribution in [2.45, 2.75) is 36.5 Å². The summed E-state index contributed by atoms with van der Waals surface area (Å²) in [5, 5.41) is 32.4. The summed E-state index contributed by atoms with van der Waals surface area (Å²) in [6.07, 6.45) is 1.66. The van der Waals surface area contributed by atoms with E-state index in [1.165, 1.54) is 11.8 Å². The van der Waals surface area contributed by atoms with Crippen LogP contribution in [0.15, 0.2) is 24.5 Å². The van der Waals surface area contributed by atoms with Crippen molar-refractivity contribution in [2.24, 2.45) is 0 Å². The molecule has 10 heteroatoms. The average Bonchev–Trinajstić information content (AvgIpc) is 3.40. The number of anilines is 1. The zero-order valence-corrected chi connectivity index (χ0v) is 16.7. The number of aromatic nitrogens is 4. The van der Waals surface area contributed by atoms with Gasteiger partial charge in [-0.1, -0.05) is 6.07 Å². The minimum absolute atomic E-state index is 0.0327. The van der Waals surface area contributed by atoms with Crippen LogP contribution in [0.2, 0.25) is 5.28 Å². The summed E-state index contributed by atoms with van der Waals surface area (Å²) in [4.78, 5) is 13.1. The molecule has 3 N–H and O–H groups in total. The minimum Gasteiger partial charge on any atom is -0.389 e. The first-order valence-corrected chi connectivity index (χ1v) is 10.6. The maximum absolute atomic E-state index is 10.3. The fraction of sp³-hybridized carbons (Fsp3) is 0.368. The van der Waals surface area contributed by atoms with Gasteiger partial charge in [-0.15, -0.1) is 11.8 Å². The van der Waals surface area contributed by atoms with E-state index in [0.29, 0.717) is 28.3 Å². The summed E-state index contributed by atoms with van der Waals surface area (Å²) < 4.78 is 1.74. The van der Waals surface area contributed by atoms with Crippen LogP contribution < -0.4 is 5.32 Å². The van der Waals surface area contributed by atoms with Crippen molar-refractivity contribution >= 4 is 40.3 Å². The maximum atomic E-state index is 10.3. The molecule has 3 heterocycles. The third-order valence-electron chi connectivity index (χ3n) is 5.45. The molecule has 0 amide bonds. The molecule has 29 heavy (non-hydrogen) atoms. The number of fused-ring (bicyclic) bond motifs is 2.